The average molecular weight is 310 g/mol. The molecule has 0 bridgehead atoms. The first-order valence-corrected chi connectivity index (χ1v) is 8.91. The Kier molecular flexibility index (Phi) is 3.74. The topological polar surface area (TPSA) is 77.5 Å². The summed E-state index contributed by atoms with van der Waals surface area (Å²) >= 11 is 1.86. The second-order valence-electron chi connectivity index (χ2n) is 3.72. The molecule has 98 valence electrons. The summed E-state index contributed by atoms with van der Waals surface area (Å²) < 4.78 is 12.2. The molecule has 0 aliphatic carbocycles. The summed E-state index contributed by atoms with van der Waals surface area (Å²) in [6.07, 6.45) is 3.63. The van der Waals surface area contributed by atoms with Gasteiger partial charge in [0.15, 0.2) is 11.6 Å². The maximum Gasteiger partial charge on any atom is 0.322 e. The van der Waals surface area contributed by atoms with Crippen molar-refractivity contribution in [2.45, 2.75) is 15.9 Å². The molecule has 0 saturated heterocycles. The van der Waals surface area contributed by atoms with E-state index >= 15 is 0 Å². The van der Waals surface area contributed by atoms with E-state index < -0.39 is 11.2 Å². The van der Waals surface area contributed by atoms with Crippen LogP contribution in [-0.4, -0.2) is 30.7 Å². The lowest BCUT2D eigenvalue weighted by Gasteiger charge is -2.06. The lowest BCUT2D eigenvalue weighted by Crippen LogP contribution is -2.09. The molecular weight excluding hydrogens is 300 g/mol. The van der Waals surface area contributed by atoms with Gasteiger partial charge in [-0.3, -0.25) is 4.98 Å². The molecule has 1 unspecified atom stereocenters. The van der Waals surface area contributed by atoms with Gasteiger partial charge in [-0.25, -0.2) is 9.97 Å². The molecule has 3 aromatic heterocycles. The van der Waals surface area contributed by atoms with E-state index in [1.807, 2.05) is 23.1 Å². The first-order chi connectivity index (χ1) is 9.26. The van der Waals surface area contributed by atoms with Gasteiger partial charge < -0.3 is 4.55 Å². The molecule has 3 rings (SSSR count). The number of aromatic nitrogens is 4. The highest BCUT2D eigenvalue weighted by Gasteiger charge is 2.19. The molecule has 3 heterocycles. The normalized spacial score (nSPS) is 12.9. The fourth-order valence-electron chi connectivity index (χ4n) is 1.58. The second-order valence-corrected chi connectivity index (χ2v) is 6.65. The molecule has 0 saturated carbocycles. The van der Waals surface area contributed by atoms with E-state index in [0.717, 1.165) is 16.1 Å². The number of fused-ring (bicyclic) bond motifs is 1. The van der Waals surface area contributed by atoms with E-state index in [2.05, 4.69) is 19.9 Å². The van der Waals surface area contributed by atoms with Gasteiger partial charge in [0, 0.05) is 28.1 Å². The highest BCUT2D eigenvalue weighted by molar-refractivity contribution is 7.98. The summed E-state index contributed by atoms with van der Waals surface area (Å²) in [4.78, 5) is 15.8. The third-order valence-electron chi connectivity index (χ3n) is 2.47. The van der Waals surface area contributed by atoms with E-state index in [0.29, 0.717) is 11.0 Å². The fraction of sp³-hybridized carbons (Fsp3) is 0.182. The van der Waals surface area contributed by atoms with Gasteiger partial charge in [0.05, 0.1) is 10.5 Å². The van der Waals surface area contributed by atoms with Crippen LogP contribution in [0.2, 0.25) is 0 Å². The molecule has 0 aliphatic rings. The minimum Gasteiger partial charge on any atom is -0.609 e. The lowest BCUT2D eigenvalue weighted by atomic mass is 10.5. The van der Waals surface area contributed by atoms with E-state index in [4.69, 9.17) is 0 Å². The fourth-order valence-corrected chi connectivity index (χ4v) is 3.60. The molecule has 3 aromatic rings. The Labute approximate surface area is 121 Å². The van der Waals surface area contributed by atoms with Crippen molar-refractivity contribution in [3.05, 3.63) is 28.8 Å². The number of H-pyrrole nitrogens is 1. The zero-order chi connectivity index (χ0) is 13.2. The van der Waals surface area contributed by atoms with Crippen LogP contribution in [0.15, 0.2) is 33.2 Å². The van der Waals surface area contributed by atoms with Crippen LogP contribution < -0.4 is 0 Å². The first-order valence-electron chi connectivity index (χ1n) is 5.42. The Bertz CT molecular complexity index is 667. The summed E-state index contributed by atoms with van der Waals surface area (Å²) in [6, 6.07) is 1.83. The molecule has 0 aromatic carbocycles. The summed E-state index contributed by atoms with van der Waals surface area (Å²) in [5.41, 5.74) is 1.78. The molecule has 19 heavy (non-hydrogen) atoms. The number of rotatable bonds is 4. The van der Waals surface area contributed by atoms with E-state index in [1.54, 1.807) is 17.5 Å². The monoisotopic (exact) mass is 310 g/mol. The highest BCUT2D eigenvalue weighted by atomic mass is 32.2. The molecule has 0 fully saturated rings. The van der Waals surface area contributed by atoms with Crippen LogP contribution >= 0.6 is 23.1 Å². The first kappa shape index (κ1) is 12.9. The Morgan fingerprint density at radius 3 is 3.11 bits per heavy atom. The molecule has 0 spiro atoms. The Hall–Kier alpha value is -1.09. The predicted molar refractivity (Wildman–Crippen MR) is 77.9 cm³/mol. The number of hydrogen-bond donors (Lipinski definition) is 1. The van der Waals surface area contributed by atoms with Crippen LogP contribution in [0.5, 0.6) is 0 Å². The quantitative estimate of drug-likeness (QED) is 0.455. The number of nitrogens with one attached hydrogen (secondary N) is 1. The smallest absolute Gasteiger partial charge is 0.322 e. The number of thioether (sulfide) groups is 1. The van der Waals surface area contributed by atoms with Crippen molar-refractivity contribution >= 4 is 45.3 Å². The maximum absolute atomic E-state index is 12.2. The van der Waals surface area contributed by atoms with Crippen LogP contribution in [0.4, 0.5) is 0 Å². The molecule has 1 N–H and O–H groups in total. The van der Waals surface area contributed by atoms with E-state index in [9.17, 15) is 4.55 Å². The number of nitrogens with zero attached hydrogens (tertiary/aromatic N) is 3. The van der Waals surface area contributed by atoms with E-state index in [1.165, 1.54) is 11.8 Å². The molecule has 8 heteroatoms. The largest absolute Gasteiger partial charge is 0.609 e. The van der Waals surface area contributed by atoms with Crippen LogP contribution in [0.25, 0.3) is 11.0 Å². The summed E-state index contributed by atoms with van der Waals surface area (Å²) in [6.45, 7) is 0. The summed E-state index contributed by atoms with van der Waals surface area (Å²) in [5, 5.41) is 5.24. The Balaban J connectivity index is 1.80. The van der Waals surface area contributed by atoms with Gasteiger partial charge in [-0.15, -0.1) is 23.1 Å². The zero-order valence-electron chi connectivity index (χ0n) is 9.99. The van der Waals surface area contributed by atoms with Gasteiger partial charge in [-0.05, 0) is 12.3 Å². The molecule has 0 aliphatic heterocycles. The molecule has 5 nitrogen and oxygen atoms in total. The van der Waals surface area contributed by atoms with Crippen LogP contribution in [0, 0.1) is 0 Å². The van der Waals surface area contributed by atoms with Crippen molar-refractivity contribution in [3.8, 4) is 0 Å². The highest BCUT2D eigenvalue weighted by Crippen LogP contribution is 2.20. The molecule has 0 radical (unpaired) electrons. The van der Waals surface area contributed by atoms with Crippen molar-refractivity contribution in [3.63, 3.8) is 0 Å². The van der Waals surface area contributed by atoms with Crippen molar-refractivity contribution in [1.82, 2.24) is 19.9 Å². The van der Waals surface area contributed by atoms with Crippen molar-refractivity contribution in [2.24, 2.45) is 0 Å². The summed E-state index contributed by atoms with van der Waals surface area (Å²) in [7, 11) is 0. The van der Waals surface area contributed by atoms with Gasteiger partial charge in [0.2, 0.25) is 0 Å². The standard InChI is InChI=1S/C11H10N4OS3/c1-17-10-2-3-12-9(15-10)6-19(16)11-13-7-4-18-5-8(7)14-11/h2-5H,6H2,1H3,(H,13,14). The van der Waals surface area contributed by atoms with Gasteiger partial charge in [-0.2, -0.15) is 4.98 Å². The predicted octanol–water partition coefficient (Wildman–Crippen LogP) is 2.44. The van der Waals surface area contributed by atoms with Crippen LogP contribution in [0.1, 0.15) is 5.82 Å². The maximum atomic E-state index is 12.2. The lowest BCUT2D eigenvalue weighted by molar-refractivity contribution is 0.585. The minimum absolute atomic E-state index is 0.272. The van der Waals surface area contributed by atoms with Gasteiger partial charge in [0.1, 0.15) is 5.52 Å². The molecule has 1 atom stereocenters. The minimum atomic E-state index is -1.25. The number of aromatic amines is 1. The van der Waals surface area contributed by atoms with Crippen molar-refractivity contribution in [2.75, 3.05) is 6.26 Å². The third-order valence-corrected chi connectivity index (χ3v) is 4.99. The number of imidazole rings is 1. The Morgan fingerprint density at radius 2 is 2.32 bits per heavy atom. The Morgan fingerprint density at radius 1 is 1.42 bits per heavy atom. The second kappa shape index (κ2) is 5.49. The molecular formula is C11H10N4OS3. The van der Waals surface area contributed by atoms with Gasteiger partial charge >= 0.3 is 5.16 Å². The van der Waals surface area contributed by atoms with Crippen molar-refractivity contribution < 1.29 is 4.55 Å². The number of hydrogen-bond acceptors (Lipinski definition) is 6. The molecule has 0 amide bonds. The van der Waals surface area contributed by atoms with Crippen LogP contribution in [-0.2, 0) is 16.9 Å². The summed E-state index contributed by atoms with van der Waals surface area (Å²) in [5.74, 6) is 0.845. The van der Waals surface area contributed by atoms with Crippen LogP contribution in [0.3, 0.4) is 0 Å². The van der Waals surface area contributed by atoms with Gasteiger partial charge in [0.25, 0.3) is 0 Å². The SMILES string of the molecule is CSc1ccnc(C[S+]([O-])c2nc3cscc3[nH]2)n1. The number of thiophene rings is 1. The van der Waals surface area contributed by atoms with E-state index in [-0.39, 0.29) is 5.75 Å². The van der Waals surface area contributed by atoms with Crippen molar-refractivity contribution in [1.29, 1.82) is 0 Å². The average Bonchev–Trinajstić information content (AvgIpc) is 2.99. The van der Waals surface area contributed by atoms with Gasteiger partial charge in [-0.1, -0.05) is 0 Å². The third kappa shape index (κ3) is 2.76. The zero-order valence-corrected chi connectivity index (χ0v) is 12.4.